The zero-order valence-electron chi connectivity index (χ0n) is 13.7. The van der Waals surface area contributed by atoms with Crippen molar-refractivity contribution in [3.63, 3.8) is 0 Å². The van der Waals surface area contributed by atoms with Crippen molar-refractivity contribution in [3.05, 3.63) is 56.3 Å². The summed E-state index contributed by atoms with van der Waals surface area (Å²) in [4.78, 5) is 34.9. The number of rotatable bonds is 5. The predicted molar refractivity (Wildman–Crippen MR) is 89.0 cm³/mol. The Morgan fingerprint density at radius 2 is 2.08 bits per heavy atom. The molecule has 1 aliphatic rings. The lowest BCUT2D eigenvalue weighted by Gasteiger charge is -2.05. The molecule has 0 aliphatic carbocycles. The molecule has 9 heteroatoms. The average molecular weight is 345 g/mol. The van der Waals surface area contributed by atoms with Crippen molar-refractivity contribution in [2.45, 2.75) is 45.3 Å². The van der Waals surface area contributed by atoms with E-state index < -0.39 is 10.8 Å². The lowest BCUT2D eigenvalue weighted by atomic mass is 10.2. The predicted octanol–water partition coefficient (Wildman–Crippen LogP) is 0.996. The van der Waals surface area contributed by atoms with Crippen molar-refractivity contribution in [2.24, 2.45) is 0 Å². The Hall–Kier alpha value is -2.97. The van der Waals surface area contributed by atoms with Gasteiger partial charge in [0, 0.05) is 31.1 Å². The summed E-state index contributed by atoms with van der Waals surface area (Å²) >= 11 is 0. The van der Waals surface area contributed by atoms with Gasteiger partial charge in [0.15, 0.2) is 0 Å². The van der Waals surface area contributed by atoms with Crippen molar-refractivity contribution in [2.75, 3.05) is 0 Å². The molecule has 9 nitrogen and oxygen atoms in total. The first-order valence-corrected chi connectivity index (χ1v) is 8.22. The van der Waals surface area contributed by atoms with Crippen LogP contribution in [0.3, 0.4) is 0 Å². The minimum Gasteiger partial charge on any atom is -0.350 e. The summed E-state index contributed by atoms with van der Waals surface area (Å²) in [5.41, 5.74) is 0.0835. The molecule has 2 aromatic rings. The van der Waals surface area contributed by atoms with Crippen LogP contribution in [0.1, 0.15) is 30.7 Å². The second-order valence-electron chi connectivity index (χ2n) is 5.98. The van der Waals surface area contributed by atoms with Gasteiger partial charge in [0.25, 0.3) is 5.69 Å². The summed E-state index contributed by atoms with van der Waals surface area (Å²) < 4.78 is 2.79. The van der Waals surface area contributed by atoms with Crippen LogP contribution < -0.4 is 11.0 Å². The monoisotopic (exact) mass is 345 g/mol. The van der Waals surface area contributed by atoms with Crippen LogP contribution in [-0.4, -0.2) is 25.2 Å². The maximum atomic E-state index is 12.3. The largest absolute Gasteiger partial charge is 0.350 e. The number of para-hydroxylation sites is 1. The van der Waals surface area contributed by atoms with Gasteiger partial charge in [-0.3, -0.25) is 19.5 Å². The summed E-state index contributed by atoms with van der Waals surface area (Å²) in [6, 6.07) is 6.22. The molecule has 1 amide bonds. The number of nitrogens with one attached hydrogen (secondary N) is 1. The Balaban J connectivity index is 1.66. The Labute approximate surface area is 143 Å². The maximum Gasteiger partial charge on any atom is 0.346 e. The molecule has 1 aromatic carbocycles. The van der Waals surface area contributed by atoms with E-state index in [0.717, 1.165) is 30.4 Å². The molecular weight excluding hydrogens is 326 g/mol. The van der Waals surface area contributed by atoms with Crippen molar-refractivity contribution in [1.29, 1.82) is 0 Å². The number of nitro groups is 1. The third kappa shape index (κ3) is 3.76. The number of carbonyl (C=O) groups excluding carboxylic acids is 1. The zero-order valence-corrected chi connectivity index (χ0v) is 13.7. The Kier molecular flexibility index (Phi) is 4.92. The van der Waals surface area contributed by atoms with Crippen LogP contribution in [-0.2, 0) is 30.8 Å². The van der Waals surface area contributed by atoms with Gasteiger partial charge in [-0.05, 0) is 12.8 Å². The number of aryl methyl sites for hydroxylation is 1. The fourth-order valence-corrected chi connectivity index (χ4v) is 2.95. The second kappa shape index (κ2) is 7.29. The molecule has 132 valence electrons. The molecule has 0 fully saturated rings. The third-order valence-corrected chi connectivity index (χ3v) is 4.24. The summed E-state index contributed by atoms with van der Waals surface area (Å²) in [7, 11) is 0. The van der Waals surface area contributed by atoms with Gasteiger partial charge in [0.2, 0.25) is 5.91 Å². The number of hydrogen-bond donors (Lipinski definition) is 1. The van der Waals surface area contributed by atoms with E-state index in [2.05, 4.69) is 10.4 Å². The Morgan fingerprint density at radius 1 is 1.28 bits per heavy atom. The SMILES string of the molecule is O=C(Cn1nc2n(c1=O)CCCCC2)NCc1ccccc1[N+](=O)[O-]. The van der Waals surface area contributed by atoms with Gasteiger partial charge in [-0.15, -0.1) is 0 Å². The molecule has 0 saturated heterocycles. The van der Waals surface area contributed by atoms with Crippen molar-refractivity contribution in [3.8, 4) is 0 Å². The molecule has 3 rings (SSSR count). The number of amides is 1. The molecule has 0 saturated carbocycles. The van der Waals surface area contributed by atoms with Gasteiger partial charge >= 0.3 is 5.69 Å². The molecule has 0 unspecified atom stereocenters. The minimum absolute atomic E-state index is 0.0261. The molecule has 1 aliphatic heterocycles. The lowest BCUT2D eigenvalue weighted by Crippen LogP contribution is -2.33. The molecule has 2 heterocycles. The van der Waals surface area contributed by atoms with Gasteiger partial charge in [-0.1, -0.05) is 24.6 Å². The third-order valence-electron chi connectivity index (χ3n) is 4.24. The van der Waals surface area contributed by atoms with Crippen LogP contribution in [0.15, 0.2) is 29.1 Å². The van der Waals surface area contributed by atoms with Gasteiger partial charge in [-0.2, -0.15) is 5.10 Å². The molecule has 1 N–H and O–H groups in total. The second-order valence-corrected chi connectivity index (χ2v) is 5.98. The first-order valence-electron chi connectivity index (χ1n) is 8.22. The van der Waals surface area contributed by atoms with Gasteiger partial charge in [0.05, 0.1) is 4.92 Å². The number of fused-ring (bicyclic) bond motifs is 1. The number of nitro benzene ring substituents is 1. The Bertz CT molecular complexity index is 854. The minimum atomic E-state index is -0.488. The van der Waals surface area contributed by atoms with Crippen molar-refractivity contribution >= 4 is 11.6 Å². The number of aromatic nitrogens is 3. The van der Waals surface area contributed by atoms with E-state index in [1.165, 1.54) is 6.07 Å². The van der Waals surface area contributed by atoms with E-state index in [-0.39, 0.29) is 24.5 Å². The van der Waals surface area contributed by atoms with Gasteiger partial charge in [-0.25, -0.2) is 9.48 Å². The van der Waals surface area contributed by atoms with E-state index in [1.54, 1.807) is 22.8 Å². The summed E-state index contributed by atoms with van der Waals surface area (Å²) in [6.07, 6.45) is 3.72. The molecule has 25 heavy (non-hydrogen) atoms. The standard InChI is InChI=1S/C16H19N5O4/c22-15(17-10-12-6-3-4-7-13(12)21(24)25)11-20-16(23)19-9-5-1-2-8-14(19)18-20/h3-4,6-7H,1-2,5,8-11H2,(H,17,22). The van der Waals surface area contributed by atoms with Gasteiger partial charge < -0.3 is 5.32 Å². The lowest BCUT2D eigenvalue weighted by molar-refractivity contribution is -0.385. The van der Waals surface area contributed by atoms with Crippen LogP contribution in [0.5, 0.6) is 0 Å². The van der Waals surface area contributed by atoms with Crippen LogP contribution in [0.25, 0.3) is 0 Å². The van der Waals surface area contributed by atoms with E-state index in [4.69, 9.17) is 0 Å². The molecule has 1 aromatic heterocycles. The molecular formula is C16H19N5O4. The Morgan fingerprint density at radius 3 is 2.88 bits per heavy atom. The van der Waals surface area contributed by atoms with Crippen LogP contribution in [0.4, 0.5) is 5.69 Å². The highest BCUT2D eigenvalue weighted by Gasteiger charge is 2.18. The van der Waals surface area contributed by atoms with Crippen LogP contribution >= 0.6 is 0 Å². The summed E-state index contributed by atoms with van der Waals surface area (Å²) in [5, 5.41) is 17.8. The van der Waals surface area contributed by atoms with Crippen LogP contribution in [0.2, 0.25) is 0 Å². The molecule has 0 bridgehead atoms. The van der Waals surface area contributed by atoms with E-state index >= 15 is 0 Å². The van der Waals surface area contributed by atoms with E-state index in [9.17, 15) is 19.7 Å². The topological polar surface area (TPSA) is 112 Å². The zero-order chi connectivity index (χ0) is 17.8. The average Bonchev–Trinajstić information content (AvgIpc) is 2.77. The number of carbonyl (C=O) groups is 1. The molecule has 0 atom stereocenters. The fourth-order valence-electron chi connectivity index (χ4n) is 2.95. The van der Waals surface area contributed by atoms with Crippen molar-refractivity contribution in [1.82, 2.24) is 19.7 Å². The smallest absolute Gasteiger partial charge is 0.346 e. The quantitative estimate of drug-likeness (QED) is 0.641. The highest BCUT2D eigenvalue weighted by Crippen LogP contribution is 2.17. The van der Waals surface area contributed by atoms with Crippen molar-refractivity contribution < 1.29 is 9.72 Å². The maximum absolute atomic E-state index is 12.3. The first kappa shape index (κ1) is 16.9. The number of hydrogen-bond acceptors (Lipinski definition) is 5. The summed E-state index contributed by atoms with van der Waals surface area (Å²) in [5.74, 6) is 0.308. The highest BCUT2D eigenvalue weighted by molar-refractivity contribution is 5.75. The summed E-state index contributed by atoms with van der Waals surface area (Å²) in [6.45, 7) is 0.462. The van der Waals surface area contributed by atoms with Gasteiger partial charge in [0.1, 0.15) is 12.4 Å². The molecule has 0 radical (unpaired) electrons. The first-order chi connectivity index (χ1) is 12.1. The number of benzene rings is 1. The molecule has 0 spiro atoms. The van der Waals surface area contributed by atoms with E-state index in [1.807, 2.05) is 0 Å². The fraction of sp³-hybridized carbons (Fsp3) is 0.438. The van der Waals surface area contributed by atoms with E-state index in [0.29, 0.717) is 17.9 Å². The highest BCUT2D eigenvalue weighted by atomic mass is 16.6. The van der Waals surface area contributed by atoms with Crippen LogP contribution in [0, 0.1) is 10.1 Å². The number of nitrogens with zero attached hydrogens (tertiary/aromatic N) is 4. The normalized spacial score (nSPS) is 13.8.